The zero-order valence-electron chi connectivity index (χ0n) is 15.4. The predicted molar refractivity (Wildman–Crippen MR) is 99.5 cm³/mol. The fourth-order valence-electron chi connectivity index (χ4n) is 2.48. The molecule has 0 atom stereocenters. The molecule has 0 aliphatic carbocycles. The average molecular weight is 417 g/mol. The molecular formula is C18H22F3N3O3S. The predicted octanol–water partition coefficient (Wildman–Crippen LogP) is 3.94. The van der Waals surface area contributed by atoms with Gasteiger partial charge in [0.05, 0.1) is 18.8 Å². The van der Waals surface area contributed by atoms with E-state index in [1.54, 1.807) is 12.1 Å². The van der Waals surface area contributed by atoms with Gasteiger partial charge >= 0.3 is 6.18 Å². The zero-order chi connectivity index (χ0) is 20.6. The number of alkyl halides is 3. The highest BCUT2D eigenvalue weighted by Crippen LogP contribution is 2.28. The second-order valence-corrected chi connectivity index (χ2v) is 8.07. The molecule has 0 spiro atoms. The molecule has 1 heterocycles. The number of benzene rings is 1. The Kier molecular flexibility index (Phi) is 7.61. The van der Waals surface area contributed by atoms with E-state index in [0.29, 0.717) is 22.2 Å². The van der Waals surface area contributed by atoms with E-state index in [1.807, 2.05) is 0 Å². The Labute approximate surface area is 162 Å². The normalized spacial score (nSPS) is 12.0. The average Bonchev–Trinajstić information content (AvgIpc) is 2.62. The molecule has 6 nitrogen and oxygen atoms in total. The van der Waals surface area contributed by atoms with Crippen LogP contribution in [0, 0.1) is 0 Å². The Morgan fingerprint density at radius 1 is 1.14 bits per heavy atom. The highest BCUT2D eigenvalue weighted by molar-refractivity contribution is 7.92. The van der Waals surface area contributed by atoms with Gasteiger partial charge in [0.1, 0.15) is 12.1 Å². The molecular weight excluding hydrogens is 395 g/mol. The van der Waals surface area contributed by atoms with Crippen LogP contribution in [0.5, 0.6) is 5.75 Å². The minimum absolute atomic E-state index is 0.0843. The van der Waals surface area contributed by atoms with Gasteiger partial charge in [-0.2, -0.15) is 13.2 Å². The molecule has 1 aromatic heterocycles. The topological polar surface area (TPSA) is 72.4 Å². The van der Waals surface area contributed by atoms with Crippen molar-refractivity contribution in [3.05, 3.63) is 48.5 Å². The summed E-state index contributed by atoms with van der Waals surface area (Å²) < 4.78 is 69.8. The third kappa shape index (κ3) is 6.99. The SMILES string of the molecule is CCCCCOc1cccc(N(Cc2cncnc2)S(=O)(=O)CC(F)(F)F)c1. The number of hydrogen-bond acceptors (Lipinski definition) is 5. The summed E-state index contributed by atoms with van der Waals surface area (Å²) in [6.45, 7) is 2.18. The standard InChI is InChI=1S/C18H22F3N3O3S/c1-2-3-4-8-27-17-7-5-6-16(9-17)24(12-15-10-22-14-23-11-15)28(25,26)13-18(19,20)21/h5-7,9-11,14H,2-4,8,12-13H2,1H3. The first-order valence-corrected chi connectivity index (χ1v) is 10.4. The molecule has 0 saturated heterocycles. The van der Waals surface area contributed by atoms with E-state index in [0.717, 1.165) is 19.3 Å². The molecule has 0 amide bonds. The Bertz CT molecular complexity index is 846. The van der Waals surface area contributed by atoms with Crippen molar-refractivity contribution in [2.24, 2.45) is 0 Å². The number of aromatic nitrogens is 2. The van der Waals surface area contributed by atoms with Crippen molar-refractivity contribution in [3.63, 3.8) is 0 Å². The van der Waals surface area contributed by atoms with Crippen molar-refractivity contribution in [2.45, 2.75) is 38.9 Å². The lowest BCUT2D eigenvalue weighted by Crippen LogP contribution is -2.37. The number of halogens is 3. The molecule has 0 radical (unpaired) electrons. The minimum Gasteiger partial charge on any atom is -0.494 e. The van der Waals surface area contributed by atoms with E-state index in [9.17, 15) is 21.6 Å². The lowest BCUT2D eigenvalue weighted by atomic mass is 10.2. The molecule has 0 saturated carbocycles. The Balaban J connectivity index is 2.30. The lowest BCUT2D eigenvalue weighted by Gasteiger charge is -2.25. The van der Waals surface area contributed by atoms with E-state index >= 15 is 0 Å². The summed E-state index contributed by atoms with van der Waals surface area (Å²) in [5.41, 5.74) is 0.448. The summed E-state index contributed by atoms with van der Waals surface area (Å²) in [5.74, 6) is -1.57. The largest absolute Gasteiger partial charge is 0.494 e. The van der Waals surface area contributed by atoms with E-state index in [-0.39, 0.29) is 12.2 Å². The molecule has 28 heavy (non-hydrogen) atoms. The van der Waals surface area contributed by atoms with E-state index in [1.165, 1.54) is 30.9 Å². The number of anilines is 1. The first-order valence-electron chi connectivity index (χ1n) is 8.75. The minimum atomic E-state index is -4.86. The number of rotatable bonds is 10. The van der Waals surface area contributed by atoms with Crippen molar-refractivity contribution >= 4 is 15.7 Å². The maximum Gasteiger partial charge on any atom is 0.404 e. The first kappa shape index (κ1) is 21.9. The number of nitrogens with zero attached hydrogens (tertiary/aromatic N) is 3. The number of sulfonamides is 1. The van der Waals surface area contributed by atoms with Gasteiger partial charge in [0.2, 0.25) is 10.0 Å². The molecule has 10 heteroatoms. The van der Waals surface area contributed by atoms with Gasteiger partial charge < -0.3 is 4.74 Å². The van der Waals surface area contributed by atoms with Gasteiger partial charge in [0.25, 0.3) is 0 Å². The number of hydrogen-bond donors (Lipinski definition) is 0. The van der Waals surface area contributed by atoms with Gasteiger partial charge in [-0.25, -0.2) is 18.4 Å². The summed E-state index contributed by atoms with van der Waals surface area (Å²) in [7, 11) is -4.68. The van der Waals surface area contributed by atoms with E-state index < -0.39 is 22.0 Å². The molecule has 154 valence electrons. The summed E-state index contributed by atoms with van der Waals surface area (Å²) in [6, 6.07) is 6.03. The summed E-state index contributed by atoms with van der Waals surface area (Å²) in [4.78, 5) is 7.57. The van der Waals surface area contributed by atoms with Crippen molar-refractivity contribution < 1.29 is 26.3 Å². The van der Waals surface area contributed by atoms with Crippen LogP contribution in [0.3, 0.4) is 0 Å². The van der Waals surface area contributed by atoms with Crippen molar-refractivity contribution in [2.75, 3.05) is 16.7 Å². The molecule has 0 fully saturated rings. The number of ether oxygens (including phenoxy) is 1. The molecule has 0 aliphatic rings. The third-order valence-electron chi connectivity index (χ3n) is 3.74. The first-order chi connectivity index (χ1) is 13.2. The van der Waals surface area contributed by atoms with Gasteiger partial charge in [-0.3, -0.25) is 4.31 Å². The van der Waals surface area contributed by atoms with Gasteiger partial charge in [-0.15, -0.1) is 0 Å². The molecule has 0 bridgehead atoms. The summed E-state index contributed by atoms with van der Waals surface area (Å²) in [6.07, 6.45) is 1.94. The fraction of sp³-hybridized carbons (Fsp3) is 0.444. The maximum absolute atomic E-state index is 12.8. The third-order valence-corrected chi connectivity index (χ3v) is 5.45. The van der Waals surface area contributed by atoms with Gasteiger partial charge in [-0.05, 0) is 18.6 Å². The van der Waals surface area contributed by atoms with Crippen molar-refractivity contribution in [1.29, 1.82) is 0 Å². The van der Waals surface area contributed by atoms with Crippen LogP contribution < -0.4 is 9.04 Å². The van der Waals surface area contributed by atoms with Crippen LogP contribution in [0.2, 0.25) is 0 Å². The van der Waals surface area contributed by atoms with Crippen LogP contribution in [0.15, 0.2) is 43.0 Å². The van der Waals surface area contributed by atoms with Gasteiger partial charge in [0.15, 0.2) is 5.75 Å². The molecule has 0 N–H and O–H groups in total. The van der Waals surface area contributed by atoms with Crippen LogP contribution in [0.1, 0.15) is 31.7 Å². The van der Waals surface area contributed by atoms with E-state index in [4.69, 9.17) is 4.74 Å². The van der Waals surface area contributed by atoms with Crippen molar-refractivity contribution in [1.82, 2.24) is 9.97 Å². The second kappa shape index (κ2) is 9.72. The van der Waals surface area contributed by atoms with Crippen LogP contribution in [-0.4, -0.2) is 36.9 Å². The molecule has 0 aliphatic heterocycles. The van der Waals surface area contributed by atoms with Gasteiger partial charge in [-0.1, -0.05) is 25.8 Å². The van der Waals surface area contributed by atoms with Crippen LogP contribution in [-0.2, 0) is 16.6 Å². The number of unbranched alkanes of at least 4 members (excludes halogenated alkanes) is 2. The highest BCUT2D eigenvalue weighted by atomic mass is 32.2. The molecule has 2 aromatic rings. The fourth-order valence-corrected chi connectivity index (χ4v) is 3.83. The molecule has 2 rings (SSSR count). The maximum atomic E-state index is 12.8. The molecule has 0 unspecified atom stereocenters. The second-order valence-electron chi connectivity index (χ2n) is 6.18. The van der Waals surface area contributed by atoms with Crippen molar-refractivity contribution in [3.8, 4) is 5.75 Å². The molecule has 1 aromatic carbocycles. The van der Waals surface area contributed by atoms with E-state index in [2.05, 4.69) is 16.9 Å². The summed E-state index contributed by atoms with van der Waals surface area (Å²) in [5, 5.41) is 0. The van der Waals surface area contributed by atoms with Crippen LogP contribution in [0.25, 0.3) is 0 Å². The Morgan fingerprint density at radius 3 is 2.50 bits per heavy atom. The Morgan fingerprint density at radius 2 is 1.86 bits per heavy atom. The lowest BCUT2D eigenvalue weighted by molar-refractivity contribution is -0.106. The van der Waals surface area contributed by atoms with Gasteiger partial charge in [0, 0.05) is 24.0 Å². The highest BCUT2D eigenvalue weighted by Gasteiger charge is 2.38. The smallest absolute Gasteiger partial charge is 0.404 e. The van der Waals surface area contributed by atoms with Crippen LogP contribution >= 0.6 is 0 Å². The summed E-state index contributed by atoms with van der Waals surface area (Å²) >= 11 is 0. The Hall–Kier alpha value is -2.36. The quantitative estimate of drug-likeness (QED) is 0.548. The zero-order valence-corrected chi connectivity index (χ0v) is 16.2. The monoisotopic (exact) mass is 417 g/mol. The van der Waals surface area contributed by atoms with Crippen LogP contribution in [0.4, 0.5) is 18.9 Å².